The van der Waals surface area contributed by atoms with Gasteiger partial charge in [0.05, 0.1) is 13.7 Å². The lowest BCUT2D eigenvalue weighted by molar-refractivity contribution is -0.155. The average Bonchev–Trinajstić information content (AvgIpc) is 2.11. The van der Waals surface area contributed by atoms with Gasteiger partial charge in [-0.2, -0.15) is 0 Å². The van der Waals surface area contributed by atoms with E-state index in [2.05, 4.69) is 10.1 Å². The Bertz CT molecular complexity index is 266. The molecule has 0 aromatic carbocycles. The lowest BCUT2D eigenvalue weighted by atomic mass is 10.1. The van der Waals surface area contributed by atoms with Crippen LogP contribution in [0.2, 0.25) is 0 Å². The van der Waals surface area contributed by atoms with Crippen molar-refractivity contribution < 1.29 is 19.1 Å². The molecular formula is C11H21NO4. The largest absolute Gasteiger partial charge is 0.468 e. The van der Waals surface area contributed by atoms with Crippen molar-refractivity contribution >= 4 is 11.9 Å². The molecule has 0 bridgehead atoms. The summed E-state index contributed by atoms with van der Waals surface area (Å²) in [6, 6.07) is 0. The van der Waals surface area contributed by atoms with Crippen LogP contribution in [0.1, 0.15) is 34.6 Å². The van der Waals surface area contributed by atoms with Crippen LogP contribution < -0.4 is 5.32 Å². The molecule has 0 rings (SSSR count). The smallest absolute Gasteiger partial charge is 0.325 e. The summed E-state index contributed by atoms with van der Waals surface area (Å²) in [6.07, 6.45) is 0. The van der Waals surface area contributed by atoms with Crippen molar-refractivity contribution in [3.8, 4) is 0 Å². The Morgan fingerprint density at radius 2 is 1.62 bits per heavy atom. The molecule has 0 aliphatic carbocycles. The third kappa shape index (κ3) is 5.70. The summed E-state index contributed by atoms with van der Waals surface area (Å²) in [6.45, 7) is 8.62. The van der Waals surface area contributed by atoms with Gasteiger partial charge in [-0.1, -0.05) is 0 Å². The first-order valence-electron chi connectivity index (χ1n) is 5.14. The molecular weight excluding hydrogens is 210 g/mol. The van der Waals surface area contributed by atoms with Crippen LogP contribution in [0, 0.1) is 0 Å². The summed E-state index contributed by atoms with van der Waals surface area (Å²) in [5.41, 5.74) is -1.42. The molecule has 0 heterocycles. The fraction of sp³-hybridized carbons (Fsp3) is 0.818. The van der Waals surface area contributed by atoms with Gasteiger partial charge in [-0.25, -0.2) is 0 Å². The second kappa shape index (κ2) is 5.30. The van der Waals surface area contributed by atoms with Gasteiger partial charge in [-0.15, -0.1) is 0 Å². The van der Waals surface area contributed by atoms with Crippen LogP contribution in [0.25, 0.3) is 0 Å². The summed E-state index contributed by atoms with van der Waals surface area (Å²) in [5.74, 6) is -0.819. The van der Waals surface area contributed by atoms with E-state index >= 15 is 0 Å². The molecule has 0 saturated heterocycles. The molecule has 5 nitrogen and oxygen atoms in total. The number of hydrogen-bond acceptors (Lipinski definition) is 5. The van der Waals surface area contributed by atoms with Gasteiger partial charge in [-0.3, -0.25) is 14.9 Å². The average molecular weight is 231 g/mol. The van der Waals surface area contributed by atoms with Crippen LogP contribution in [0.4, 0.5) is 0 Å². The highest BCUT2D eigenvalue weighted by atomic mass is 16.6. The van der Waals surface area contributed by atoms with Crippen LogP contribution in [0.3, 0.4) is 0 Å². The maximum absolute atomic E-state index is 11.4. The Hall–Kier alpha value is -1.10. The molecule has 16 heavy (non-hydrogen) atoms. The minimum Gasteiger partial charge on any atom is -0.468 e. The SMILES string of the molecule is COC(=O)C(C)(C)NCC(=O)OC(C)(C)C. The summed E-state index contributed by atoms with van der Waals surface area (Å²) >= 11 is 0. The van der Waals surface area contributed by atoms with Crippen LogP contribution in [-0.4, -0.2) is 36.7 Å². The number of ether oxygens (including phenoxy) is 2. The molecule has 0 atom stereocenters. The lowest BCUT2D eigenvalue weighted by Crippen LogP contribution is -2.50. The molecule has 0 aliphatic rings. The highest BCUT2D eigenvalue weighted by molar-refractivity contribution is 5.81. The highest BCUT2D eigenvalue weighted by Gasteiger charge is 2.29. The quantitative estimate of drug-likeness (QED) is 0.727. The number of nitrogens with one attached hydrogen (secondary N) is 1. The third-order valence-electron chi connectivity index (χ3n) is 1.79. The fourth-order valence-electron chi connectivity index (χ4n) is 0.998. The van der Waals surface area contributed by atoms with E-state index in [9.17, 15) is 9.59 Å². The zero-order valence-corrected chi connectivity index (χ0v) is 10.8. The van der Waals surface area contributed by atoms with Crippen LogP contribution >= 0.6 is 0 Å². The van der Waals surface area contributed by atoms with Gasteiger partial charge in [0.2, 0.25) is 0 Å². The zero-order chi connectivity index (χ0) is 13.0. The Labute approximate surface area is 96.5 Å². The molecule has 0 unspecified atom stereocenters. The topological polar surface area (TPSA) is 64.6 Å². The van der Waals surface area contributed by atoms with Gasteiger partial charge < -0.3 is 9.47 Å². The molecule has 0 radical (unpaired) electrons. The van der Waals surface area contributed by atoms with Crippen molar-refractivity contribution in [2.45, 2.75) is 45.8 Å². The number of methoxy groups -OCH3 is 1. The molecule has 0 spiro atoms. The maximum atomic E-state index is 11.4. The van der Waals surface area contributed by atoms with Gasteiger partial charge in [-0.05, 0) is 34.6 Å². The zero-order valence-electron chi connectivity index (χ0n) is 10.8. The Morgan fingerprint density at radius 3 is 2.00 bits per heavy atom. The maximum Gasteiger partial charge on any atom is 0.325 e. The second-order valence-corrected chi connectivity index (χ2v) is 5.06. The molecule has 0 aliphatic heterocycles. The Morgan fingerprint density at radius 1 is 1.12 bits per heavy atom. The molecule has 0 saturated carbocycles. The Balaban J connectivity index is 4.15. The summed E-state index contributed by atoms with van der Waals surface area (Å²) in [4.78, 5) is 22.7. The van der Waals surface area contributed by atoms with E-state index in [0.29, 0.717) is 0 Å². The van der Waals surface area contributed by atoms with Gasteiger partial charge in [0, 0.05) is 0 Å². The number of esters is 2. The number of hydrogen-bond donors (Lipinski definition) is 1. The van der Waals surface area contributed by atoms with Crippen molar-refractivity contribution in [2.75, 3.05) is 13.7 Å². The molecule has 5 heteroatoms. The van der Waals surface area contributed by atoms with Crippen molar-refractivity contribution in [1.82, 2.24) is 5.32 Å². The van der Waals surface area contributed by atoms with E-state index in [0.717, 1.165) is 0 Å². The standard InChI is InChI=1S/C11H21NO4/c1-10(2,3)16-8(13)7-12-11(4,5)9(14)15-6/h12H,7H2,1-6H3. The highest BCUT2D eigenvalue weighted by Crippen LogP contribution is 2.08. The van der Waals surface area contributed by atoms with Crippen LogP contribution in [-0.2, 0) is 19.1 Å². The number of carbonyl (C=O) groups is 2. The third-order valence-corrected chi connectivity index (χ3v) is 1.79. The first kappa shape index (κ1) is 14.9. The summed E-state index contributed by atoms with van der Waals surface area (Å²) < 4.78 is 9.69. The van der Waals surface area contributed by atoms with E-state index in [-0.39, 0.29) is 6.54 Å². The minimum atomic E-state index is -0.897. The van der Waals surface area contributed by atoms with Crippen molar-refractivity contribution in [1.29, 1.82) is 0 Å². The van der Waals surface area contributed by atoms with Crippen molar-refractivity contribution in [3.05, 3.63) is 0 Å². The molecule has 94 valence electrons. The molecule has 0 amide bonds. The normalized spacial score (nSPS) is 12.1. The molecule has 1 N–H and O–H groups in total. The van der Waals surface area contributed by atoms with Crippen molar-refractivity contribution in [3.63, 3.8) is 0 Å². The predicted molar refractivity (Wildman–Crippen MR) is 59.9 cm³/mol. The number of rotatable bonds is 4. The fourth-order valence-corrected chi connectivity index (χ4v) is 0.998. The van der Waals surface area contributed by atoms with Gasteiger partial charge in [0.1, 0.15) is 11.1 Å². The van der Waals surface area contributed by atoms with Gasteiger partial charge in [0.15, 0.2) is 0 Å². The molecule has 0 aromatic rings. The van der Waals surface area contributed by atoms with Crippen LogP contribution in [0.5, 0.6) is 0 Å². The molecule has 0 fully saturated rings. The van der Waals surface area contributed by atoms with E-state index < -0.39 is 23.1 Å². The monoisotopic (exact) mass is 231 g/mol. The second-order valence-electron chi connectivity index (χ2n) is 5.06. The Kier molecular flexibility index (Phi) is 4.93. The first-order chi connectivity index (χ1) is 7.08. The van der Waals surface area contributed by atoms with Gasteiger partial charge >= 0.3 is 11.9 Å². The predicted octanol–water partition coefficient (Wildman–Crippen LogP) is 0.869. The van der Waals surface area contributed by atoms with E-state index in [1.54, 1.807) is 34.6 Å². The number of carbonyl (C=O) groups excluding carboxylic acids is 2. The van der Waals surface area contributed by atoms with E-state index in [1.807, 2.05) is 0 Å². The van der Waals surface area contributed by atoms with Crippen LogP contribution in [0.15, 0.2) is 0 Å². The van der Waals surface area contributed by atoms with E-state index in [1.165, 1.54) is 7.11 Å². The summed E-state index contributed by atoms with van der Waals surface area (Å²) in [7, 11) is 1.30. The lowest BCUT2D eigenvalue weighted by Gasteiger charge is -2.24. The summed E-state index contributed by atoms with van der Waals surface area (Å²) in [5, 5.41) is 2.78. The molecule has 0 aromatic heterocycles. The van der Waals surface area contributed by atoms with Crippen molar-refractivity contribution in [2.24, 2.45) is 0 Å². The first-order valence-corrected chi connectivity index (χ1v) is 5.14. The minimum absolute atomic E-state index is 0.0284. The van der Waals surface area contributed by atoms with E-state index in [4.69, 9.17) is 4.74 Å². The van der Waals surface area contributed by atoms with Gasteiger partial charge in [0.25, 0.3) is 0 Å².